The van der Waals surface area contributed by atoms with Gasteiger partial charge >= 0.3 is 0 Å². The van der Waals surface area contributed by atoms with E-state index in [1.165, 1.54) is 4.85 Å². The normalized spacial score (nSPS) is 10.4. The van der Waals surface area contributed by atoms with Crippen molar-refractivity contribution in [3.63, 3.8) is 0 Å². The number of thiophene rings is 1. The molecule has 0 fully saturated rings. The van der Waals surface area contributed by atoms with E-state index >= 15 is 0 Å². The van der Waals surface area contributed by atoms with Crippen molar-refractivity contribution in [2.45, 2.75) is 6.61 Å². The summed E-state index contributed by atoms with van der Waals surface area (Å²) in [5.74, 6) is 0. The van der Waals surface area contributed by atoms with E-state index in [4.69, 9.17) is 4.84 Å². The van der Waals surface area contributed by atoms with Crippen LogP contribution in [0.3, 0.4) is 0 Å². The minimum absolute atomic E-state index is 0.475. The van der Waals surface area contributed by atoms with Crippen molar-refractivity contribution in [2.24, 2.45) is 0 Å². The molecule has 0 aliphatic rings. The van der Waals surface area contributed by atoms with Crippen molar-refractivity contribution < 1.29 is 4.84 Å². The Kier molecular flexibility index (Phi) is 3.06. The molecule has 0 unspecified atom stereocenters. The Morgan fingerprint density at radius 3 is 2.78 bits per heavy atom. The van der Waals surface area contributed by atoms with Gasteiger partial charge in [0.1, 0.15) is 12.3 Å². The minimum atomic E-state index is 0.475. The second kappa shape index (κ2) is 5.01. The summed E-state index contributed by atoms with van der Waals surface area (Å²) in [5.41, 5.74) is 1.98. The molecule has 4 nitrogen and oxygen atoms in total. The number of hydrogen-bond acceptors (Lipinski definition) is 4. The Balaban J connectivity index is 1.76. The Morgan fingerprint density at radius 2 is 2.00 bits per heavy atom. The fourth-order valence-corrected chi connectivity index (χ4v) is 2.32. The monoisotopic (exact) mass is 257 g/mol. The molecule has 0 radical (unpaired) electrons. The highest BCUT2D eigenvalue weighted by molar-refractivity contribution is 7.13. The molecule has 0 amide bonds. The molecule has 0 N–H and O–H groups in total. The summed E-state index contributed by atoms with van der Waals surface area (Å²) in [5, 5.41) is 9.84. The van der Waals surface area contributed by atoms with Crippen LogP contribution in [0.25, 0.3) is 10.6 Å². The van der Waals surface area contributed by atoms with Crippen LogP contribution in [0, 0.1) is 0 Å². The SMILES string of the molecule is c1ccc(COn2nncc2-c2cccs2)cc1. The van der Waals surface area contributed by atoms with Gasteiger partial charge in [0.05, 0.1) is 11.1 Å². The highest BCUT2D eigenvalue weighted by Crippen LogP contribution is 2.22. The van der Waals surface area contributed by atoms with Crippen molar-refractivity contribution in [1.82, 2.24) is 15.2 Å². The second-order valence-corrected chi connectivity index (χ2v) is 4.68. The van der Waals surface area contributed by atoms with E-state index in [-0.39, 0.29) is 0 Å². The maximum Gasteiger partial charge on any atom is 0.142 e. The first-order valence-electron chi connectivity index (χ1n) is 5.55. The van der Waals surface area contributed by atoms with Crippen molar-refractivity contribution in [3.05, 3.63) is 59.6 Å². The van der Waals surface area contributed by atoms with Gasteiger partial charge in [-0.25, -0.2) is 0 Å². The van der Waals surface area contributed by atoms with Crippen LogP contribution in [0.2, 0.25) is 0 Å². The number of rotatable bonds is 4. The molecule has 3 aromatic rings. The van der Waals surface area contributed by atoms with Crippen LogP contribution in [-0.2, 0) is 6.61 Å². The first-order valence-corrected chi connectivity index (χ1v) is 6.43. The van der Waals surface area contributed by atoms with Gasteiger partial charge in [0.2, 0.25) is 0 Å². The molecule has 1 aromatic carbocycles. The highest BCUT2D eigenvalue weighted by atomic mass is 32.1. The number of aromatic nitrogens is 3. The summed E-state index contributed by atoms with van der Waals surface area (Å²) >= 11 is 1.64. The van der Waals surface area contributed by atoms with Crippen molar-refractivity contribution >= 4 is 11.3 Å². The molecule has 0 spiro atoms. The zero-order chi connectivity index (χ0) is 12.2. The van der Waals surface area contributed by atoms with E-state index in [0.29, 0.717) is 6.61 Å². The van der Waals surface area contributed by atoms with Crippen LogP contribution in [0.5, 0.6) is 0 Å². The van der Waals surface area contributed by atoms with E-state index in [2.05, 4.69) is 10.3 Å². The van der Waals surface area contributed by atoms with Gasteiger partial charge in [0.25, 0.3) is 0 Å². The van der Waals surface area contributed by atoms with Gasteiger partial charge in [-0.1, -0.05) is 41.2 Å². The summed E-state index contributed by atoms with van der Waals surface area (Å²) in [6, 6.07) is 14.0. The molecule has 0 bridgehead atoms. The Bertz CT molecular complexity index is 604. The van der Waals surface area contributed by atoms with Gasteiger partial charge in [0.15, 0.2) is 0 Å². The van der Waals surface area contributed by atoms with Crippen molar-refractivity contribution in [3.8, 4) is 10.6 Å². The van der Waals surface area contributed by atoms with E-state index in [9.17, 15) is 0 Å². The topological polar surface area (TPSA) is 39.9 Å². The summed E-state index contributed by atoms with van der Waals surface area (Å²) in [6.45, 7) is 0.475. The predicted molar refractivity (Wildman–Crippen MR) is 70.1 cm³/mol. The molecule has 18 heavy (non-hydrogen) atoms. The molecule has 5 heteroatoms. The van der Waals surface area contributed by atoms with Crippen LogP contribution in [0.1, 0.15) is 5.56 Å². The quantitative estimate of drug-likeness (QED) is 0.721. The van der Waals surface area contributed by atoms with E-state index in [1.54, 1.807) is 17.5 Å². The lowest BCUT2D eigenvalue weighted by molar-refractivity contribution is 0.0697. The van der Waals surface area contributed by atoms with Gasteiger partial charge in [0, 0.05) is 0 Å². The van der Waals surface area contributed by atoms with Gasteiger partial charge in [-0.3, -0.25) is 0 Å². The summed E-state index contributed by atoms with van der Waals surface area (Å²) in [4.78, 5) is 8.20. The minimum Gasteiger partial charge on any atom is -0.390 e. The first kappa shape index (κ1) is 11.0. The third kappa shape index (κ3) is 2.26. The lowest BCUT2D eigenvalue weighted by Crippen LogP contribution is -2.13. The summed E-state index contributed by atoms with van der Waals surface area (Å²) in [7, 11) is 0. The van der Waals surface area contributed by atoms with Crippen LogP contribution < -0.4 is 4.84 Å². The number of benzene rings is 1. The van der Waals surface area contributed by atoms with Gasteiger partial charge in [-0.2, -0.15) is 0 Å². The van der Waals surface area contributed by atoms with Gasteiger partial charge in [-0.15, -0.1) is 16.4 Å². The Morgan fingerprint density at radius 1 is 1.11 bits per heavy atom. The molecule has 2 heterocycles. The van der Waals surface area contributed by atoms with Crippen LogP contribution in [0.15, 0.2) is 54.0 Å². The maximum absolute atomic E-state index is 5.64. The first-order chi connectivity index (χ1) is 8.93. The average Bonchev–Trinajstić information content (AvgIpc) is 3.08. The molecule has 3 rings (SSSR count). The van der Waals surface area contributed by atoms with Crippen LogP contribution in [0.4, 0.5) is 0 Å². The zero-order valence-electron chi connectivity index (χ0n) is 9.56. The van der Waals surface area contributed by atoms with E-state index in [0.717, 1.165) is 16.1 Å². The predicted octanol–water partition coefficient (Wildman–Crippen LogP) is 2.64. The molecule has 0 saturated heterocycles. The smallest absolute Gasteiger partial charge is 0.142 e. The van der Waals surface area contributed by atoms with Crippen LogP contribution in [-0.4, -0.2) is 15.2 Å². The van der Waals surface area contributed by atoms with Gasteiger partial charge in [-0.05, 0) is 22.2 Å². The second-order valence-electron chi connectivity index (χ2n) is 3.73. The lowest BCUT2D eigenvalue weighted by atomic mass is 10.2. The third-order valence-corrected chi connectivity index (χ3v) is 3.38. The molecule has 0 saturated carbocycles. The number of nitrogens with zero attached hydrogens (tertiary/aromatic N) is 3. The zero-order valence-corrected chi connectivity index (χ0v) is 10.4. The summed E-state index contributed by atoms with van der Waals surface area (Å²) in [6.07, 6.45) is 1.71. The average molecular weight is 257 g/mol. The number of hydrogen-bond donors (Lipinski definition) is 0. The lowest BCUT2D eigenvalue weighted by Gasteiger charge is -2.06. The van der Waals surface area contributed by atoms with E-state index < -0.39 is 0 Å². The fourth-order valence-electron chi connectivity index (χ4n) is 1.61. The molecular weight excluding hydrogens is 246 g/mol. The molecular formula is C13H11N3OS. The van der Waals surface area contributed by atoms with E-state index in [1.807, 2.05) is 47.8 Å². The Labute approximate surface area is 108 Å². The van der Waals surface area contributed by atoms with Crippen molar-refractivity contribution in [1.29, 1.82) is 0 Å². The molecule has 0 aliphatic carbocycles. The van der Waals surface area contributed by atoms with Crippen LogP contribution >= 0.6 is 11.3 Å². The molecule has 90 valence electrons. The fraction of sp³-hybridized carbons (Fsp3) is 0.0769. The molecule has 2 aromatic heterocycles. The molecule has 0 atom stereocenters. The Hall–Kier alpha value is -2.14. The highest BCUT2D eigenvalue weighted by Gasteiger charge is 2.08. The van der Waals surface area contributed by atoms with Crippen molar-refractivity contribution in [2.75, 3.05) is 0 Å². The standard InChI is InChI=1S/C13H11N3OS/c1-2-5-11(6-3-1)10-17-16-12(9-14-15-16)13-7-4-8-18-13/h1-9H,10H2. The summed E-state index contributed by atoms with van der Waals surface area (Å²) < 4.78 is 0. The largest absolute Gasteiger partial charge is 0.390 e. The molecule has 0 aliphatic heterocycles. The third-order valence-electron chi connectivity index (χ3n) is 2.49. The maximum atomic E-state index is 5.64. The van der Waals surface area contributed by atoms with Gasteiger partial charge < -0.3 is 4.84 Å².